The number of nitrogens with zero attached hydrogens (tertiary/aromatic N) is 1. The van der Waals surface area contributed by atoms with Gasteiger partial charge in [-0.05, 0) is 32.1 Å². The van der Waals surface area contributed by atoms with Crippen LogP contribution < -0.4 is 5.32 Å². The summed E-state index contributed by atoms with van der Waals surface area (Å²) in [4.78, 5) is 2.65. The van der Waals surface area contributed by atoms with Crippen molar-refractivity contribution in [3.63, 3.8) is 0 Å². The zero-order valence-corrected chi connectivity index (χ0v) is 11.4. The molecule has 0 aliphatic carbocycles. The van der Waals surface area contributed by atoms with E-state index in [-0.39, 0.29) is 0 Å². The fraction of sp³-hybridized carbons (Fsp3) is 1.00. The molecule has 0 aromatic carbocycles. The fourth-order valence-corrected chi connectivity index (χ4v) is 2.54. The molecular formula is C12H26N2S. The molecule has 0 aromatic rings. The number of thioether (sulfide) groups is 1. The normalized spacial score (nSPS) is 29.4. The predicted octanol–water partition coefficient (Wildman–Crippen LogP) is 2.06. The number of hydrogen-bond donors (Lipinski definition) is 1. The van der Waals surface area contributed by atoms with Gasteiger partial charge in [0.05, 0.1) is 0 Å². The lowest BCUT2D eigenvalue weighted by atomic mass is 10.0. The summed E-state index contributed by atoms with van der Waals surface area (Å²) in [5, 5.41) is 3.67. The van der Waals surface area contributed by atoms with Crippen LogP contribution in [0.3, 0.4) is 0 Å². The second kappa shape index (κ2) is 6.77. The molecule has 1 saturated heterocycles. The quantitative estimate of drug-likeness (QED) is 0.796. The minimum atomic E-state index is 0.678. The summed E-state index contributed by atoms with van der Waals surface area (Å²) in [6.45, 7) is 10.7. The molecule has 1 heterocycles. The zero-order valence-electron chi connectivity index (χ0n) is 10.6. The predicted molar refractivity (Wildman–Crippen MR) is 70.7 cm³/mol. The SMILES string of the molecule is CSCCN1CC(C(C)C)NCCC1C. The van der Waals surface area contributed by atoms with Crippen molar-refractivity contribution in [2.45, 2.75) is 39.3 Å². The lowest BCUT2D eigenvalue weighted by molar-refractivity contribution is 0.204. The molecule has 2 unspecified atom stereocenters. The van der Waals surface area contributed by atoms with Gasteiger partial charge in [0.15, 0.2) is 0 Å². The van der Waals surface area contributed by atoms with E-state index < -0.39 is 0 Å². The molecule has 90 valence electrons. The second-order valence-corrected chi connectivity index (χ2v) is 5.92. The van der Waals surface area contributed by atoms with Crippen LogP contribution in [0.4, 0.5) is 0 Å². The van der Waals surface area contributed by atoms with Crippen LogP contribution >= 0.6 is 11.8 Å². The van der Waals surface area contributed by atoms with Crippen molar-refractivity contribution in [1.82, 2.24) is 10.2 Å². The first kappa shape index (κ1) is 13.3. The molecule has 0 amide bonds. The summed E-state index contributed by atoms with van der Waals surface area (Å²) >= 11 is 1.95. The van der Waals surface area contributed by atoms with Gasteiger partial charge in [-0.3, -0.25) is 4.90 Å². The second-order valence-electron chi connectivity index (χ2n) is 4.93. The van der Waals surface area contributed by atoms with Crippen LogP contribution in [0.15, 0.2) is 0 Å². The Balaban J connectivity index is 2.48. The Hall–Kier alpha value is 0.270. The van der Waals surface area contributed by atoms with E-state index in [9.17, 15) is 0 Å². The van der Waals surface area contributed by atoms with E-state index in [4.69, 9.17) is 0 Å². The monoisotopic (exact) mass is 230 g/mol. The van der Waals surface area contributed by atoms with Crippen LogP contribution in [0.25, 0.3) is 0 Å². The average Bonchev–Trinajstić information content (AvgIpc) is 2.37. The van der Waals surface area contributed by atoms with E-state index in [2.05, 4.69) is 37.2 Å². The Morgan fingerprint density at radius 2 is 2.20 bits per heavy atom. The van der Waals surface area contributed by atoms with E-state index in [0.717, 1.165) is 12.0 Å². The Bertz CT molecular complexity index is 173. The third kappa shape index (κ3) is 4.33. The summed E-state index contributed by atoms with van der Waals surface area (Å²) < 4.78 is 0. The first-order chi connectivity index (χ1) is 7.15. The Morgan fingerprint density at radius 3 is 2.80 bits per heavy atom. The highest BCUT2D eigenvalue weighted by Crippen LogP contribution is 2.13. The van der Waals surface area contributed by atoms with Crippen molar-refractivity contribution in [3.8, 4) is 0 Å². The zero-order chi connectivity index (χ0) is 11.3. The van der Waals surface area contributed by atoms with Gasteiger partial charge >= 0.3 is 0 Å². The molecule has 3 heteroatoms. The molecule has 0 saturated carbocycles. The van der Waals surface area contributed by atoms with E-state index >= 15 is 0 Å². The van der Waals surface area contributed by atoms with E-state index in [0.29, 0.717) is 6.04 Å². The van der Waals surface area contributed by atoms with E-state index in [1.54, 1.807) is 0 Å². The molecule has 0 aromatic heterocycles. The summed E-state index contributed by atoms with van der Waals surface area (Å²) in [7, 11) is 0. The Kier molecular flexibility index (Phi) is 6.02. The van der Waals surface area contributed by atoms with Crippen molar-refractivity contribution in [2.24, 2.45) is 5.92 Å². The van der Waals surface area contributed by atoms with Gasteiger partial charge in [0, 0.05) is 30.9 Å². The van der Waals surface area contributed by atoms with Gasteiger partial charge in [0.25, 0.3) is 0 Å². The van der Waals surface area contributed by atoms with Crippen LogP contribution in [-0.4, -0.2) is 48.6 Å². The number of nitrogens with one attached hydrogen (secondary N) is 1. The molecule has 1 rings (SSSR count). The standard InChI is InChI=1S/C12H26N2S/c1-10(2)12-9-14(7-8-15-4)11(3)5-6-13-12/h10-13H,5-9H2,1-4H3. The van der Waals surface area contributed by atoms with Gasteiger partial charge in [0.2, 0.25) is 0 Å². The van der Waals surface area contributed by atoms with Crippen molar-refractivity contribution in [2.75, 3.05) is 31.6 Å². The molecule has 1 N–H and O–H groups in total. The number of hydrogen-bond acceptors (Lipinski definition) is 3. The van der Waals surface area contributed by atoms with Crippen LogP contribution in [0.2, 0.25) is 0 Å². The van der Waals surface area contributed by atoms with Gasteiger partial charge in [-0.25, -0.2) is 0 Å². The topological polar surface area (TPSA) is 15.3 Å². The Morgan fingerprint density at radius 1 is 1.47 bits per heavy atom. The van der Waals surface area contributed by atoms with Crippen LogP contribution in [0.1, 0.15) is 27.2 Å². The summed E-state index contributed by atoms with van der Waals surface area (Å²) in [6.07, 6.45) is 3.48. The molecule has 0 spiro atoms. The van der Waals surface area contributed by atoms with E-state index in [1.165, 1.54) is 31.8 Å². The van der Waals surface area contributed by atoms with E-state index in [1.807, 2.05) is 11.8 Å². The highest BCUT2D eigenvalue weighted by atomic mass is 32.2. The molecule has 15 heavy (non-hydrogen) atoms. The third-order valence-corrected chi connectivity index (χ3v) is 4.00. The summed E-state index contributed by atoms with van der Waals surface area (Å²) in [5.74, 6) is 2.00. The highest BCUT2D eigenvalue weighted by Gasteiger charge is 2.23. The summed E-state index contributed by atoms with van der Waals surface area (Å²) in [5.41, 5.74) is 0. The fourth-order valence-electron chi connectivity index (χ4n) is 2.12. The molecule has 0 radical (unpaired) electrons. The summed E-state index contributed by atoms with van der Waals surface area (Å²) in [6, 6.07) is 1.42. The molecule has 2 nitrogen and oxygen atoms in total. The lowest BCUT2D eigenvalue weighted by Gasteiger charge is -2.30. The van der Waals surface area contributed by atoms with Crippen molar-refractivity contribution < 1.29 is 0 Å². The number of rotatable bonds is 4. The smallest absolute Gasteiger partial charge is 0.0218 e. The van der Waals surface area contributed by atoms with Crippen molar-refractivity contribution in [1.29, 1.82) is 0 Å². The lowest BCUT2D eigenvalue weighted by Crippen LogP contribution is -2.43. The minimum Gasteiger partial charge on any atom is -0.312 e. The van der Waals surface area contributed by atoms with Crippen LogP contribution in [0.5, 0.6) is 0 Å². The maximum Gasteiger partial charge on any atom is 0.0218 e. The molecule has 2 atom stereocenters. The highest BCUT2D eigenvalue weighted by molar-refractivity contribution is 7.98. The van der Waals surface area contributed by atoms with Crippen molar-refractivity contribution >= 4 is 11.8 Å². The first-order valence-electron chi connectivity index (χ1n) is 6.11. The van der Waals surface area contributed by atoms with Gasteiger partial charge in [-0.15, -0.1) is 0 Å². The maximum absolute atomic E-state index is 3.67. The molecule has 1 aliphatic heterocycles. The van der Waals surface area contributed by atoms with Gasteiger partial charge < -0.3 is 5.32 Å². The largest absolute Gasteiger partial charge is 0.312 e. The van der Waals surface area contributed by atoms with Gasteiger partial charge in [-0.1, -0.05) is 13.8 Å². The third-order valence-electron chi connectivity index (χ3n) is 3.41. The molecule has 0 bridgehead atoms. The first-order valence-corrected chi connectivity index (χ1v) is 7.51. The van der Waals surface area contributed by atoms with Crippen LogP contribution in [0, 0.1) is 5.92 Å². The minimum absolute atomic E-state index is 0.678. The van der Waals surface area contributed by atoms with Gasteiger partial charge in [0.1, 0.15) is 0 Å². The van der Waals surface area contributed by atoms with Gasteiger partial charge in [-0.2, -0.15) is 11.8 Å². The van der Waals surface area contributed by atoms with Crippen LogP contribution in [-0.2, 0) is 0 Å². The molecule has 1 aliphatic rings. The average molecular weight is 230 g/mol. The molecule has 1 fully saturated rings. The Labute approximate surface area is 99.2 Å². The van der Waals surface area contributed by atoms with Crippen molar-refractivity contribution in [3.05, 3.63) is 0 Å². The maximum atomic E-state index is 3.67. The molecular weight excluding hydrogens is 204 g/mol.